The average molecular weight is 481 g/mol. The molecule has 1 saturated heterocycles. The maximum Gasteiger partial charge on any atom is 0.417 e. The van der Waals surface area contributed by atoms with Gasteiger partial charge in [0.1, 0.15) is 16.9 Å². The Kier molecular flexibility index (Phi) is 5.24. The lowest BCUT2D eigenvalue weighted by molar-refractivity contribution is -0.165. The molecule has 2 aromatic heterocycles. The first kappa shape index (κ1) is 22.5. The molecule has 1 N–H and O–H groups in total. The zero-order chi connectivity index (χ0) is 23.5. The number of alkyl halides is 6. The largest absolute Gasteiger partial charge is 0.417 e. The highest BCUT2D eigenvalue weighted by Crippen LogP contribution is 2.43. The summed E-state index contributed by atoms with van der Waals surface area (Å²) in [6.45, 7) is -0.425. The number of hydrogen-bond acceptors (Lipinski definition) is 3. The van der Waals surface area contributed by atoms with Crippen molar-refractivity contribution in [3.05, 3.63) is 47.9 Å². The lowest BCUT2D eigenvalue weighted by atomic mass is 9.98. The van der Waals surface area contributed by atoms with Crippen LogP contribution >= 0.6 is 0 Å². The van der Waals surface area contributed by atoms with Crippen LogP contribution in [-0.2, 0) is 16.2 Å². The molecule has 1 atom stereocenters. The zero-order valence-corrected chi connectivity index (χ0v) is 16.7. The number of aromatic amines is 1. The maximum atomic E-state index is 14.6. The van der Waals surface area contributed by atoms with Crippen LogP contribution in [0, 0.1) is 5.82 Å². The average Bonchev–Trinajstić information content (AvgIpc) is 3.36. The van der Waals surface area contributed by atoms with Crippen molar-refractivity contribution in [1.82, 2.24) is 14.3 Å². The maximum absolute atomic E-state index is 14.6. The van der Waals surface area contributed by atoms with E-state index in [9.17, 15) is 39.2 Å². The van der Waals surface area contributed by atoms with E-state index in [1.807, 2.05) is 0 Å². The van der Waals surface area contributed by atoms with Gasteiger partial charge in [-0.1, -0.05) is 6.07 Å². The zero-order valence-electron chi connectivity index (χ0n) is 15.9. The van der Waals surface area contributed by atoms with Gasteiger partial charge in [-0.2, -0.15) is 30.6 Å². The van der Waals surface area contributed by atoms with Crippen molar-refractivity contribution in [2.24, 2.45) is 0 Å². The van der Waals surface area contributed by atoms with Crippen molar-refractivity contribution in [3.63, 3.8) is 0 Å². The fraction of sp³-hybridized carbons (Fsp3) is 0.316. The van der Waals surface area contributed by atoms with Crippen LogP contribution in [0.2, 0.25) is 0 Å². The molecule has 0 spiro atoms. The van der Waals surface area contributed by atoms with Crippen LogP contribution < -0.4 is 0 Å². The number of fused-ring (bicyclic) bond motifs is 1. The Morgan fingerprint density at radius 2 is 1.81 bits per heavy atom. The molecule has 1 aliphatic rings. The third-order valence-corrected chi connectivity index (χ3v) is 7.07. The molecule has 4 rings (SSSR count). The summed E-state index contributed by atoms with van der Waals surface area (Å²) in [6, 6.07) is 2.70. The minimum absolute atomic E-state index is 0.0462. The van der Waals surface area contributed by atoms with Gasteiger partial charge in [-0.3, -0.25) is 4.98 Å². The Morgan fingerprint density at radius 3 is 2.41 bits per heavy atom. The lowest BCUT2D eigenvalue weighted by Crippen LogP contribution is -2.44. The van der Waals surface area contributed by atoms with Crippen molar-refractivity contribution >= 4 is 20.9 Å². The molecule has 1 aliphatic heterocycles. The number of rotatable bonds is 3. The number of benzene rings is 1. The minimum atomic E-state index is -5.01. The van der Waals surface area contributed by atoms with Crippen LogP contribution in [0.4, 0.5) is 30.7 Å². The highest BCUT2D eigenvalue weighted by molar-refractivity contribution is 7.89. The topological polar surface area (TPSA) is 66.1 Å². The number of nitrogens with one attached hydrogen (secondary N) is 1. The molecule has 13 heteroatoms. The number of nitrogens with zero attached hydrogens (tertiary/aromatic N) is 2. The van der Waals surface area contributed by atoms with Crippen LogP contribution in [0.25, 0.3) is 22.2 Å². The summed E-state index contributed by atoms with van der Waals surface area (Å²) in [4.78, 5) is 6.03. The van der Waals surface area contributed by atoms with Crippen molar-refractivity contribution < 1.29 is 39.2 Å². The second-order valence-corrected chi connectivity index (χ2v) is 9.09. The van der Waals surface area contributed by atoms with E-state index in [0.29, 0.717) is 0 Å². The molecule has 3 aromatic rings. The number of halogens is 7. The van der Waals surface area contributed by atoms with Crippen LogP contribution in [0.5, 0.6) is 0 Å². The summed E-state index contributed by atoms with van der Waals surface area (Å²) in [5.74, 6) is -1.40. The van der Waals surface area contributed by atoms with Gasteiger partial charge in [-0.05, 0) is 37.1 Å². The fourth-order valence-corrected chi connectivity index (χ4v) is 5.54. The molecule has 0 bridgehead atoms. The quantitative estimate of drug-likeness (QED) is 0.530. The fourth-order valence-electron chi connectivity index (χ4n) is 3.86. The van der Waals surface area contributed by atoms with Gasteiger partial charge in [-0.25, -0.2) is 12.8 Å². The molecule has 0 saturated carbocycles. The molecule has 1 aromatic carbocycles. The van der Waals surface area contributed by atoms with Gasteiger partial charge in [0.05, 0.1) is 16.8 Å². The number of H-pyrrole nitrogens is 1. The van der Waals surface area contributed by atoms with E-state index in [-0.39, 0.29) is 22.5 Å². The van der Waals surface area contributed by atoms with E-state index >= 15 is 0 Å². The van der Waals surface area contributed by atoms with Gasteiger partial charge in [0, 0.05) is 23.7 Å². The number of hydrogen-bond donors (Lipinski definition) is 1. The first-order chi connectivity index (χ1) is 14.8. The van der Waals surface area contributed by atoms with Crippen LogP contribution in [0.1, 0.15) is 18.4 Å². The molecule has 0 radical (unpaired) electrons. The van der Waals surface area contributed by atoms with Crippen LogP contribution in [0.15, 0.2) is 41.6 Å². The molecule has 5 nitrogen and oxygen atoms in total. The molecular formula is C19H14F7N3O2S. The Hall–Kier alpha value is -2.67. The normalized spacial score (nSPS) is 18.5. The SMILES string of the molecule is O=S(=O)(c1cc2c(-c3ccccn3)c(C(F)(F)F)cc(F)c2[nH]1)N1CCC[C@H]1C(F)(F)F. The lowest BCUT2D eigenvalue weighted by Gasteiger charge is -2.25. The third kappa shape index (κ3) is 3.72. The summed E-state index contributed by atoms with van der Waals surface area (Å²) in [5.41, 5.74) is -2.76. The van der Waals surface area contributed by atoms with E-state index in [0.717, 1.165) is 6.07 Å². The van der Waals surface area contributed by atoms with Gasteiger partial charge < -0.3 is 4.98 Å². The smallest absolute Gasteiger partial charge is 0.342 e. The number of aromatic nitrogens is 2. The third-order valence-electron chi connectivity index (χ3n) is 5.24. The van der Waals surface area contributed by atoms with E-state index in [2.05, 4.69) is 9.97 Å². The van der Waals surface area contributed by atoms with Crippen molar-refractivity contribution in [2.45, 2.75) is 36.3 Å². The van der Waals surface area contributed by atoms with E-state index in [4.69, 9.17) is 0 Å². The van der Waals surface area contributed by atoms with Gasteiger partial charge in [0.25, 0.3) is 10.0 Å². The van der Waals surface area contributed by atoms with Gasteiger partial charge in [0.2, 0.25) is 0 Å². The van der Waals surface area contributed by atoms with E-state index < -0.39 is 74.3 Å². The predicted molar refractivity (Wildman–Crippen MR) is 99.5 cm³/mol. The molecule has 32 heavy (non-hydrogen) atoms. The summed E-state index contributed by atoms with van der Waals surface area (Å²) in [5, 5.41) is -1.29. The van der Waals surface area contributed by atoms with E-state index in [1.54, 1.807) is 0 Å². The monoisotopic (exact) mass is 481 g/mol. The minimum Gasteiger partial charge on any atom is -0.342 e. The Balaban J connectivity index is 1.96. The molecular weight excluding hydrogens is 467 g/mol. The van der Waals surface area contributed by atoms with Crippen LogP contribution in [-0.4, -0.2) is 41.5 Å². The Labute approximate surface area is 176 Å². The summed E-state index contributed by atoms with van der Waals surface area (Å²) in [7, 11) is -4.81. The van der Waals surface area contributed by atoms with Crippen LogP contribution in [0.3, 0.4) is 0 Å². The molecule has 0 unspecified atom stereocenters. The van der Waals surface area contributed by atoms with E-state index in [1.165, 1.54) is 24.4 Å². The molecule has 0 aliphatic carbocycles. The molecule has 1 fully saturated rings. The number of pyridine rings is 1. The van der Waals surface area contributed by atoms with Gasteiger partial charge in [0.15, 0.2) is 0 Å². The molecule has 172 valence electrons. The van der Waals surface area contributed by atoms with Gasteiger partial charge >= 0.3 is 12.4 Å². The standard InChI is InChI=1S/C19H14F7N3O2S/c20-12-9-11(18(21,22)23)16(13-4-1-2-6-27-13)10-8-15(28-17(10)12)32(30,31)29-7-3-5-14(29)19(24,25)26/h1-2,4,6,8-9,14,28H,3,5,7H2/t14-/m0/s1. The van der Waals surface area contributed by atoms with Gasteiger partial charge in [-0.15, -0.1) is 0 Å². The first-order valence-electron chi connectivity index (χ1n) is 9.24. The summed E-state index contributed by atoms with van der Waals surface area (Å²) in [6.07, 6.45) is -9.13. The van der Waals surface area contributed by atoms with Crippen molar-refractivity contribution in [1.29, 1.82) is 0 Å². The summed E-state index contributed by atoms with van der Waals surface area (Å²) >= 11 is 0. The molecule has 3 heterocycles. The molecule has 0 amide bonds. The highest BCUT2D eigenvalue weighted by Gasteiger charge is 2.51. The Bertz CT molecular complexity index is 1270. The first-order valence-corrected chi connectivity index (χ1v) is 10.7. The van der Waals surface area contributed by atoms with Crippen molar-refractivity contribution in [3.8, 4) is 11.3 Å². The second kappa shape index (κ2) is 7.44. The predicted octanol–water partition coefficient (Wildman–Crippen LogP) is 5.10. The number of sulfonamides is 1. The second-order valence-electron chi connectivity index (χ2n) is 7.23. The Morgan fingerprint density at radius 1 is 1.09 bits per heavy atom. The highest BCUT2D eigenvalue weighted by atomic mass is 32.2. The van der Waals surface area contributed by atoms with Crippen molar-refractivity contribution in [2.75, 3.05) is 6.54 Å². The summed E-state index contributed by atoms with van der Waals surface area (Å²) < 4.78 is 122.